The number of piperidine rings is 1. The maximum Gasteiger partial charge on any atom is 0.317 e. The normalized spacial score (nSPS) is 17.8. The second-order valence-electron chi connectivity index (χ2n) is 6.92. The van der Waals surface area contributed by atoms with Gasteiger partial charge in [0.15, 0.2) is 0 Å². The number of benzene rings is 1. The molecule has 5 heteroatoms. The Morgan fingerprint density at radius 1 is 1.32 bits per heavy atom. The van der Waals surface area contributed by atoms with Gasteiger partial charge in [0, 0.05) is 38.6 Å². The smallest absolute Gasteiger partial charge is 0.317 e. The van der Waals surface area contributed by atoms with Crippen LogP contribution in [0.25, 0.3) is 6.08 Å². The molecule has 1 heterocycles. The molecule has 1 saturated heterocycles. The molecule has 25 heavy (non-hydrogen) atoms. The molecular weight excluding hydrogens is 314 g/mol. The van der Waals surface area contributed by atoms with E-state index in [1.54, 1.807) is 11.9 Å². The first-order chi connectivity index (χ1) is 12.0. The minimum absolute atomic E-state index is 0.000230. The lowest BCUT2D eigenvalue weighted by Crippen LogP contribution is -2.52. The van der Waals surface area contributed by atoms with Crippen LogP contribution in [0.2, 0.25) is 0 Å². The number of nitrogens with one attached hydrogen (secondary N) is 1. The van der Waals surface area contributed by atoms with Crippen molar-refractivity contribution in [1.29, 1.82) is 0 Å². The third kappa shape index (κ3) is 5.93. The zero-order valence-electron chi connectivity index (χ0n) is 15.4. The number of amides is 3. The van der Waals surface area contributed by atoms with Crippen LogP contribution in [0.5, 0.6) is 0 Å². The lowest BCUT2D eigenvalue weighted by molar-refractivity contribution is -0.135. The Morgan fingerprint density at radius 3 is 2.72 bits per heavy atom. The Hall–Kier alpha value is -2.30. The molecule has 2 rings (SSSR count). The summed E-state index contributed by atoms with van der Waals surface area (Å²) in [6.45, 7) is 5.77. The van der Waals surface area contributed by atoms with E-state index in [1.807, 2.05) is 61.2 Å². The topological polar surface area (TPSA) is 52.7 Å². The highest BCUT2D eigenvalue weighted by Crippen LogP contribution is 2.13. The summed E-state index contributed by atoms with van der Waals surface area (Å²) in [7, 11) is 1.78. The lowest BCUT2D eigenvalue weighted by atomic mass is 10.0. The predicted octanol–water partition coefficient (Wildman–Crippen LogP) is 2.99. The number of hydrogen-bond acceptors (Lipinski definition) is 2. The zero-order valence-corrected chi connectivity index (χ0v) is 15.4. The van der Waals surface area contributed by atoms with E-state index < -0.39 is 0 Å². The first-order valence-electron chi connectivity index (χ1n) is 8.99. The number of carbonyl (C=O) groups excluding carboxylic acids is 2. The number of likely N-dealkylation sites (tertiary alicyclic amines) is 1. The molecule has 136 valence electrons. The number of urea groups is 1. The molecule has 3 amide bonds. The van der Waals surface area contributed by atoms with Crippen LogP contribution in [-0.4, -0.2) is 54.5 Å². The molecule has 0 spiro atoms. The quantitative estimate of drug-likeness (QED) is 0.893. The van der Waals surface area contributed by atoms with Gasteiger partial charge < -0.3 is 15.1 Å². The van der Waals surface area contributed by atoms with Gasteiger partial charge in [-0.25, -0.2) is 4.79 Å². The van der Waals surface area contributed by atoms with Crippen LogP contribution < -0.4 is 5.32 Å². The summed E-state index contributed by atoms with van der Waals surface area (Å²) in [6, 6.07) is 9.95. The monoisotopic (exact) mass is 343 g/mol. The van der Waals surface area contributed by atoms with Crippen molar-refractivity contribution in [2.45, 2.75) is 32.7 Å². The van der Waals surface area contributed by atoms with Crippen molar-refractivity contribution in [3.63, 3.8) is 0 Å². The van der Waals surface area contributed by atoms with Gasteiger partial charge >= 0.3 is 6.03 Å². The van der Waals surface area contributed by atoms with Gasteiger partial charge in [0.2, 0.25) is 5.91 Å². The van der Waals surface area contributed by atoms with Gasteiger partial charge in [-0.1, -0.05) is 56.3 Å². The van der Waals surface area contributed by atoms with Crippen molar-refractivity contribution in [1.82, 2.24) is 15.1 Å². The van der Waals surface area contributed by atoms with Crippen LogP contribution in [0.4, 0.5) is 4.79 Å². The standard InChI is InChI=1S/C20H29N3O2/c1-16(2)19(24)23-14-8-12-18(15-23)21-20(25)22(3)13-7-11-17-9-5-4-6-10-17/h4-7,9-11,16,18H,8,12-15H2,1-3H3,(H,21,25)/b11-7+/t18-/m0/s1. The molecule has 0 radical (unpaired) electrons. The Kier molecular flexibility index (Phi) is 7.04. The average Bonchev–Trinajstić information content (AvgIpc) is 2.62. The summed E-state index contributed by atoms with van der Waals surface area (Å²) in [5, 5.41) is 3.05. The van der Waals surface area contributed by atoms with Crippen molar-refractivity contribution >= 4 is 18.0 Å². The van der Waals surface area contributed by atoms with E-state index in [9.17, 15) is 9.59 Å². The molecule has 0 saturated carbocycles. The third-order valence-electron chi connectivity index (χ3n) is 4.39. The lowest BCUT2D eigenvalue weighted by Gasteiger charge is -2.34. The Balaban J connectivity index is 1.80. The largest absolute Gasteiger partial charge is 0.340 e. The molecule has 0 bridgehead atoms. The second kappa shape index (κ2) is 9.25. The van der Waals surface area contributed by atoms with Crippen LogP contribution in [0, 0.1) is 5.92 Å². The summed E-state index contributed by atoms with van der Waals surface area (Å²) >= 11 is 0. The van der Waals surface area contributed by atoms with Gasteiger partial charge in [-0.3, -0.25) is 4.79 Å². The van der Waals surface area contributed by atoms with Crippen LogP contribution in [0.15, 0.2) is 36.4 Å². The summed E-state index contributed by atoms with van der Waals surface area (Å²) in [6.07, 6.45) is 5.83. The van der Waals surface area contributed by atoms with E-state index in [2.05, 4.69) is 5.32 Å². The Morgan fingerprint density at radius 2 is 2.04 bits per heavy atom. The molecule has 0 aromatic heterocycles. The van der Waals surface area contributed by atoms with Crippen molar-refractivity contribution in [3.8, 4) is 0 Å². The number of carbonyl (C=O) groups is 2. The SMILES string of the molecule is CC(C)C(=O)N1CCC[C@H](NC(=O)N(C)C/C=C/c2ccccc2)C1. The first kappa shape index (κ1) is 19.0. The minimum Gasteiger partial charge on any atom is -0.340 e. The Labute approximate surface area is 150 Å². The highest BCUT2D eigenvalue weighted by atomic mass is 16.2. The molecule has 1 N–H and O–H groups in total. The highest BCUT2D eigenvalue weighted by molar-refractivity contribution is 5.78. The minimum atomic E-state index is -0.0958. The van der Waals surface area contributed by atoms with Gasteiger partial charge in [0.1, 0.15) is 0 Å². The van der Waals surface area contributed by atoms with Crippen LogP contribution in [0.3, 0.4) is 0 Å². The van der Waals surface area contributed by atoms with Crippen LogP contribution >= 0.6 is 0 Å². The predicted molar refractivity (Wildman–Crippen MR) is 101 cm³/mol. The summed E-state index contributed by atoms with van der Waals surface area (Å²) < 4.78 is 0. The maximum absolute atomic E-state index is 12.3. The summed E-state index contributed by atoms with van der Waals surface area (Å²) in [5.74, 6) is 0.165. The number of hydrogen-bond donors (Lipinski definition) is 1. The fraction of sp³-hybridized carbons (Fsp3) is 0.500. The van der Waals surface area contributed by atoms with Gasteiger partial charge in [-0.05, 0) is 18.4 Å². The Bertz CT molecular complexity index is 598. The van der Waals surface area contributed by atoms with Gasteiger partial charge in [0.05, 0.1) is 0 Å². The molecular formula is C20H29N3O2. The molecule has 1 fully saturated rings. The third-order valence-corrected chi connectivity index (χ3v) is 4.39. The fourth-order valence-electron chi connectivity index (χ4n) is 2.94. The van der Waals surface area contributed by atoms with Crippen molar-refractivity contribution in [3.05, 3.63) is 42.0 Å². The number of rotatable bonds is 5. The van der Waals surface area contributed by atoms with E-state index in [0.29, 0.717) is 13.1 Å². The molecule has 1 aliphatic heterocycles. The molecule has 1 aromatic carbocycles. The molecule has 0 unspecified atom stereocenters. The van der Waals surface area contributed by atoms with Crippen LogP contribution in [-0.2, 0) is 4.79 Å². The van der Waals surface area contributed by atoms with Gasteiger partial charge in [-0.15, -0.1) is 0 Å². The van der Waals surface area contributed by atoms with Crippen LogP contribution in [0.1, 0.15) is 32.3 Å². The van der Waals surface area contributed by atoms with Gasteiger partial charge in [-0.2, -0.15) is 0 Å². The second-order valence-corrected chi connectivity index (χ2v) is 6.92. The van der Waals surface area contributed by atoms with E-state index in [1.165, 1.54) is 0 Å². The molecule has 1 atom stereocenters. The fourth-order valence-corrected chi connectivity index (χ4v) is 2.94. The van der Waals surface area contributed by atoms with E-state index in [0.717, 1.165) is 24.9 Å². The average molecular weight is 343 g/mol. The van der Waals surface area contributed by atoms with Crippen molar-refractivity contribution in [2.75, 3.05) is 26.7 Å². The van der Waals surface area contributed by atoms with E-state index in [-0.39, 0.29) is 23.9 Å². The van der Waals surface area contributed by atoms with E-state index >= 15 is 0 Å². The first-order valence-corrected chi connectivity index (χ1v) is 8.99. The molecule has 5 nitrogen and oxygen atoms in total. The highest BCUT2D eigenvalue weighted by Gasteiger charge is 2.26. The van der Waals surface area contributed by atoms with E-state index in [4.69, 9.17) is 0 Å². The molecule has 1 aliphatic rings. The van der Waals surface area contributed by atoms with Crippen molar-refractivity contribution in [2.24, 2.45) is 5.92 Å². The number of likely N-dealkylation sites (N-methyl/N-ethyl adjacent to an activating group) is 1. The van der Waals surface area contributed by atoms with Crippen molar-refractivity contribution < 1.29 is 9.59 Å². The van der Waals surface area contributed by atoms with Gasteiger partial charge in [0.25, 0.3) is 0 Å². The maximum atomic E-state index is 12.3. The molecule has 1 aromatic rings. The summed E-state index contributed by atoms with van der Waals surface area (Å²) in [4.78, 5) is 28.0. The zero-order chi connectivity index (χ0) is 18.2. The summed E-state index contributed by atoms with van der Waals surface area (Å²) in [5.41, 5.74) is 1.12. The number of nitrogens with zero attached hydrogens (tertiary/aromatic N) is 2. The molecule has 0 aliphatic carbocycles.